The van der Waals surface area contributed by atoms with E-state index in [2.05, 4.69) is 14.8 Å². The second-order valence-corrected chi connectivity index (χ2v) is 8.94. The zero-order valence-corrected chi connectivity index (χ0v) is 19.3. The highest BCUT2D eigenvalue weighted by atomic mass is 35.5. The van der Waals surface area contributed by atoms with Crippen molar-refractivity contribution in [1.82, 2.24) is 9.62 Å². The van der Waals surface area contributed by atoms with E-state index in [0.29, 0.717) is 5.02 Å². The number of sulfonamides is 1. The standard InChI is InChI=1S/C21H23ClN2O7S/c1-4-24(13-19(25)23-12-14-5-7-17(22)8-6-14)32(28,29)18-10-15(20(26)30-2)9-16(11-18)21(27)31-3/h5-11H,4,12-13H2,1-3H3,(H,23,25). The molecular weight excluding hydrogens is 460 g/mol. The predicted octanol–water partition coefficient (Wildman–Crippen LogP) is 2.24. The quantitative estimate of drug-likeness (QED) is 0.544. The molecule has 0 fully saturated rings. The van der Waals surface area contributed by atoms with Gasteiger partial charge in [-0.3, -0.25) is 4.79 Å². The van der Waals surface area contributed by atoms with Gasteiger partial charge in [0.05, 0.1) is 36.8 Å². The molecule has 32 heavy (non-hydrogen) atoms. The lowest BCUT2D eigenvalue weighted by Gasteiger charge is -2.21. The molecule has 11 heteroatoms. The molecule has 0 heterocycles. The average Bonchev–Trinajstić information content (AvgIpc) is 2.80. The normalized spacial score (nSPS) is 11.2. The monoisotopic (exact) mass is 482 g/mol. The van der Waals surface area contributed by atoms with Gasteiger partial charge in [-0.05, 0) is 35.9 Å². The van der Waals surface area contributed by atoms with Crippen molar-refractivity contribution in [2.45, 2.75) is 18.4 Å². The number of nitrogens with zero attached hydrogens (tertiary/aromatic N) is 1. The van der Waals surface area contributed by atoms with Gasteiger partial charge in [0.25, 0.3) is 0 Å². The summed E-state index contributed by atoms with van der Waals surface area (Å²) in [5.41, 5.74) is 0.511. The van der Waals surface area contributed by atoms with Gasteiger partial charge in [0.1, 0.15) is 0 Å². The Morgan fingerprint density at radius 3 is 1.97 bits per heavy atom. The summed E-state index contributed by atoms with van der Waals surface area (Å²) in [6.07, 6.45) is 0. The Labute approximate surface area is 191 Å². The average molecular weight is 483 g/mol. The van der Waals surface area contributed by atoms with Crippen LogP contribution in [0.5, 0.6) is 0 Å². The molecule has 0 atom stereocenters. The molecule has 0 radical (unpaired) electrons. The molecule has 1 N–H and O–H groups in total. The van der Waals surface area contributed by atoms with Gasteiger partial charge in [-0.15, -0.1) is 0 Å². The Morgan fingerprint density at radius 1 is 0.969 bits per heavy atom. The van der Waals surface area contributed by atoms with E-state index in [1.54, 1.807) is 31.2 Å². The maximum atomic E-state index is 13.2. The molecule has 0 aliphatic carbocycles. The third-order valence-corrected chi connectivity index (χ3v) is 6.61. The van der Waals surface area contributed by atoms with Crippen molar-refractivity contribution >= 4 is 39.5 Å². The first-order chi connectivity index (χ1) is 15.1. The van der Waals surface area contributed by atoms with Gasteiger partial charge < -0.3 is 14.8 Å². The molecule has 0 spiro atoms. The second-order valence-electron chi connectivity index (χ2n) is 6.56. The zero-order valence-electron chi connectivity index (χ0n) is 17.8. The molecule has 2 rings (SSSR count). The zero-order chi connectivity index (χ0) is 23.9. The fraction of sp³-hybridized carbons (Fsp3) is 0.286. The van der Waals surface area contributed by atoms with Crippen molar-refractivity contribution in [3.8, 4) is 0 Å². The first kappa shape index (κ1) is 25.3. The lowest BCUT2D eigenvalue weighted by atomic mass is 10.1. The van der Waals surface area contributed by atoms with Gasteiger partial charge in [-0.25, -0.2) is 18.0 Å². The highest BCUT2D eigenvalue weighted by Crippen LogP contribution is 2.21. The maximum Gasteiger partial charge on any atom is 0.337 e. The van der Waals surface area contributed by atoms with Crippen LogP contribution in [0.25, 0.3) is 0 Å². The highest BCUT2D eigenvalue weighted by molar-refractivity contribution is 7.89. The number of esters is 2. The van der Waals surface area contributed by atoms with Crippen LogP contribution in [0.3, 0.4) is 0 Å². The van der Waals surface area contributed by atoms with Crippen LogP contribution in [0, 0.1) is 0 Å². The Kier molecular flexibility index (Phi) is 8.76. The minimum absolute atomic E-state index is 0.0211. The largest absolute Gasteiger partial charge is 0.465 e. The minimum Gasteiger partial charge on any atom is -0.465 e. The van der Waals surface area contributed by atoms with Gasteiger partial charge >= 0.3 is 11.9 Å². The van der Waals surface area contributed by atoms with Crippen molar-refractivity contribution in [3.63, 3.8) is 0 Å². The summed E-state index contributed by atoms with van der Waals surface area (Å²) in [5.74, 6) is -2.17. The number of ether oxygens (including phenoxy) is 2. The Balaban J connectivity index is 2.26. The number of carbonyl (C=O) groups is 3. The number of likely N-dealkylation sites (N-methyl/N-ethyl adjacent to an activating group) is 1. The summed E-state index contributed by atoms with van der Waals surface area (Å²) >= 11 is 5.83. The molecule has 172 valence electrons. The van der Waals surface area contributed by atoms with E-state index in [-0.39, 0.29) is 29.1 Å². The summed E-state index contributed by atoms with van der Waals surface area (Å²) in [4.78, 5) is 36.0. The van der Waals surface area contributed by atoms with Crippen LogP contribution in [0.1, 0.15) is 33.2 Å². The van der Waals surface area contributed by atoms with E-state index in [1.165, 1.54) is 6.07 Å². The van der Waals surface area contributed by atoms with E-state index < -0.39 is 34.4 Å². The number of hydrogen-bond acceptors (Lipinski definition) is 7. The number of methoxy groups -OCH3 is 2. The molecular formula is C21H23ClN2O7S. The van der Waals surface area contributed by atoms with Crippen molar-refractivity contribution in [1.29, 1.82) is 0 Å². The SMILES string of the molecule is CCN(CC(=O)NCc1ccc(Cl)cc1)S(=O)(=O)c1cc(C(=O)OC)cc(C(=O)OC)c1. The van der Waals surface area contributed by atoms with Crippen molar-refractivity contribution in [3.05, 3.63) is 64.2 Å². The number of benzene rings is 2. The lowest BCUT2D eigenvalue weighted by Crippen LogP contribution is -2.40. The van der Waals surface area contributed by atoms with Crippen LogP contribution in [0.2, 0.25) is 5.02 Å². The van der Waals surface area contributed by atoms with Gasteiger partial charge in [0, 0.05) is 18.1 Å². The van der Waals surface area contributed by atoms with Crippen LogP contribution in [-0.4, -0.2) is 57.9 Å². The number of rotatable bonds is 9. The van der Waals surface area contributed by atoms with Crippen molar-refractivity contribution in [2.24, 2.45) is 0 Å². The van der Waals surface area contributed by atoms with Crippen LogP contribution in [0.15, 0.2) is 47.4 Å². The van der Waals surface area contributed by atoms with E-state index in [1.807, 2.05) is 0 Å². The van der Waals surface area contributed by atoms with E-state index in [0.717, 1.165) is 36.2 Å². The molecule has 0 aliphatic heterocycles. The summed E-state index contributed by atoms with van der Waals surface area (Å²) in [7, 11) is -1.96. The lowest BCUT2D eigenvalue weighted by molar-refractivity contribution is -0.121. The van der Waals surface area contributed by atoms with Crippen LogP contribution < -0.4 is 5.32 Å². The van der Waals surface area contributed by atoms with Gasteiger partial charge in [0.15, 0.2) is 0 Å². The molecule has 2 aromatic carbocycles. The highest BCUT2D eigenvalue weighted by Gasteiger charge is 2.28. The number of halogens is 1. The van der Waals surface area contributed by atoms with Crippen LogP contribution in [0.4, 0.5) is 0 Å². The number of hydrogen-bond donors (Lipinski definition) is 1. The van der Waals surface area contributed by atoms with Gasteiger partial charge in [0.2, 0.25) is 15.9 Å². The van der Waals surface area contributed by atoms with Crippen LogP contribution in [-0.2, 0) is 30.8 Å². The molecule has 0 aromatic heterocycles. The summed E-state index contributed by atoms with van der Waals surface area (Å²) in [6, 6.07) is 10.2. The summed E-state index contributed by atoms with van der Waals surface area (Å²) < 4.78 is 36.5. The number of nitrogens with one attached hydrogen (secondary N) is 1. The summed E-state index contributed by atoms with van der Waals surface area (Å²) in [5, 5.41) is 3.21. The third-order valence-electron chi connectivity index (χ3n) is 4.46. The first-order valence-electron chi connectivity index (χ1n) is 9.45. The maximum absolute atomic E-state index is 13.2. The van der Waals surface area contributed by atoms with Crippen molar-refractivity contribution < 1.29 is 32.3 Å². The first-order valence-corrected chi connectivity index (χ1v) is 11.3. The topological polar surface area (TPSA) is 119 Å². The third kappa shape index (κ3) is 6.28. The summed E-state index contributed by atoms with van der Waals surface area (Å²) in [6.45, 7) is 1.28. The van der Waals surface area contributed by atoms with Crippen LogP contribution >= 0.6 is 11.6 Å². The molecule has 0 aliphatic rings. The smallest absolute Gasteiger partial charge is 0.337 e. The molecule has 0 saturated heterocycles. The van der Waals surface area contributed by atoms with E-state index in [4.69, 9.17) is 11.6 Å². The van der Waals surface area contributed by atoms with Gasteiger partial charge in [-0.1, -0.05) is 30.7 Å². The Bertz CT molecular complexity index is 1070. The number of amides is 1. The Morgan fingerprint density at radius 2 is 1.50 bits per heavy atom. The van der Waals surface area contributed by atoms with Gasteiger partial charge in [-0.2, -0.15) is 4.31 Å². The molecule has 0 bridgehead atoms. The predicted molar refractivity (Wildman–Crippen MR) is 117 cm³/mol. The molecule has 9 nitrogen and oxygen atoms in total. The van der Waals surface area contributed by atoms with E-state index in [9.17, 15) is 22.8 Å². The molecule has 0 unspecified atom stereocenters. The fourth-order valence-corrected chi connectivity index (χ4v) is 4.36. The Hall–Kier alpha value is -2.95. The molecule has 2 aromatic rings. The molecule has 0 saturated carbocycles. The van der Waals surface area contributed by atoms with Crippen molar-refractivity contribution in [2.75, 3.05) is 27.3 Å². The molecule has 1 amide bonds. The fourth-order valence-electron chi connectivity index (χ4n) is 2.75. The minimum atomic E-state index is -4.22. The number of carbonyl (C=O) groups excluding carboxylic acids is 3. The van der Waals surface area contributed by atoms with E-state index >= 15 is 0 Å². The second kappa shape index (κ2) is 11.1.